The Kier molecular flexibility index (Phi) is 3.99. The number of nitriles is 1. The highest BCUT2D eigenvalue weighted by atomic mass is 15.1. The Morgan fingerprint density at radius 3 is 2.95 bits per heavy atom. The van der Waals surface area contributed by atoms with E-state index in [1.807, 2.05) is 19.9 Å². The maximum Gasteiger partial charge on any atom is 0.0683 e. The third-order valence-electron chi connectivity index (χ3n) is 3.85. The summed E-state index contributed by atoms with van der Waals surface area (Å²) in [5.41, 5.74) is 9.19. The van der Waals surface area contributed by atoms with Crippen molar-refractivity contribution in [3.8, 4) is 6.07 Å². The average Bonchev–Trinajstić information content (AvgIpc) is 2.38. The molecule has 2 N–H and O–H groups in total. The molecule has 3 nitrogen and oxygen atoms in total. The van der Waals surface area contributed by atoms with Crippen LogP contribution in [0.4, 0.5) is 11.4 Å². The fraction of sp³-hybridized carbons (Fsp3) is 0.562. The van der Waals surface area contributed by atoms with Crippen molar-refractivity contribution in [2.45, 2.75) is 39.5 Å². The minimum Gasteiger partial charge on any atom is -0.399 e. The van der Waals surface area contributed by atoms with Crippen LogP contribution in [0.2, 0.25) is 0 Å². The summed E-state index contributed by atoms with van der Waals surface area (Å²) in [6.45, 7) is 6.17. The number of nitrogens with zero attached hydrogens (tertiary/aromatic N) is 2. The van der Waals surface area contributed by atoms with E-state index < -0.39 is 0 Å². The van der Waals surface area contributed by atoms with Gasteiger partial charge in [0.25, 0.3) is 0 Å². The molecular formula is C16H23N3. The number of hydrogen-bond acceptors (Lipinski definition) is 3. The Labute approximate surface area is 116 Å². The first-order valence-corrected chi connectivity index (χ1v) is 7.06. The molecule has 0 saturated carbocycles. The van der Waals surface area contributed by atoms with Crippen LogP contribution in [0.1, 0.15) is 38.7 Å². The number of anilines is 2. The van der Waals surface area contributed by atoms with Gasteiger partial charge in [-0.15, -0.1) is 0 Å². The molecule has 3 heteroatoms. The van der Waals surface area contributed by atoms with E-state index >= 15 is 0 Å². The number of aryl methyl sites for hydroxylation is 1. The van der Waals surface area contributed by atoms with Crippen LogP contribution in [0.3, 0.4) is 0 Å². The van der Waals surface area contributed by atoms with Crippen molar-refractivity contribution in [2.75, 3.05) is 23.7 Å². The summed E-state index contributed by atoms with van der Waals surface area (Å²) in [5, 5.41) is 9.04. The minimum absolute atomic E-state index is 0.209. The Bertz CT molecular complexity index is 485. The Balaban J connectivity index is 1.99. The van der Waals surface area contributed by atoms with Crippen molar-refractivity contribution in [1.29, 1.82) is 5.26 Å². The lowest BCUT2D eigenvalue weighted by molar-refractivity contribution is 0.433. The molecule has 0 amide bonds. The first-order valence-electron chi connectivity index (χ1n) is 7.06. The standard InChI is InChI=1S/C16H23N3/c1-16(2,12-17)8-4-10-19-9-3-5-13-11-14(18)6-7-15(13)19/h6-7,11H,3-5,8-10,18H2,1-2H3. The van der Waals surface area contributed by atoms with Gasteiger partial charge in [-0.3, -0.25) is 0 Å². The van der Waals surface area contributed by atoms with Gasteiger partial charge >= 0.3 is 0 Å². The zero-order valence-electron chi connectivity index (χ0n) is 11.9. The van der Waals surface area contributed by atoms with Crippen molar-refractivity contribution in [2.24, 2.45) is 5.41 Å². The second-order valence-electron chi connectivity index (χ2n) is 6.08. The van der Waals surface area contributed by atoms with E-state index in [0.717, 1.165) is 38.0 Å². The van der Waals surface area contributed by atoms with Crippen molar-refractivity contribution in [1.82, 2.24) is 0 Å². The van der Waals surface area contributed by atoms with Crippen LogP contribution >= 0.6 is 0 Å². The first kappa shape index (κ1) is 13.7. The lowest BCUT2D eigenvalue weighted by atomic mass is 9.89. The zero-order chi connectivity index (χ0) is 13.9. The van der Waals surface area contributed by atoms with Crippen molar-refractivity contribution in [3.05, 3.63) is 23.8 Å². The van der Waals surface area contributed by atoms with E-state index in [9.17, 15) is 0 Å². The van der Waals surface area contributed by atoms with Crippen LogP contribution in [0.5, 0.6) is 0 Å². The molecule has 0 spiro atoms. The summed E-state index contributed by atoms with van der Waals surface area (Å²) >= 11 is 0. The highest BCUT2D eigenvalue weighted by Crippen LogP contribution is 2.30. The van der Waals surface area contributed by atoms with Crippen LogP contribution < -0.4 is 10.6 Å². The lowest BCUT2D eigenvalue weighted by Gasteiger charge is -2.32. The summed E-state index contributed by atoms with van der Waals surface area (Å²) < 4.78 is 0. The zero-order valence-corrected chi connectivity index (χ0v) is 11.9. The predicted octanol–water partition coefficient (Wildman–Crippen LogP) is 3.35. The van der Waals surface area contributed by atoms with Crippen molar-refractivity contribution in [3.63, 3.8) is 0 Å². The largest absolute Gasteiger partial charge is 0.399 e. The molecule has 102 valence electrons. The molecule has 1 aliphatic heterocycles. The van der Waals surface area contributed by atoms with E-state index in [1.54, 1.807) is 0 Å². The topological polar surface area (TPSA) is 53.0 Å². The number of rotatable bonds is 4. The molecule has 1 aromatic rings. The molecule has 1 aromatic carbocycles. The van der Waals surface area contributed by atoms with Gasteiger partial charge in [-0.2, -0.15) is 5.26 Å². The van der Waals surface area contributed by atoms with Gasteiger partial charge in [0.05, 0.1) is 11.5 Å². The average molecular weight is 257 g/mol. The molecule has 0 fully saturated rings. The smallest absolute Gasteiger partial charge is 0.0683 e. The second kappa shape index (κ2) is 5.52. The molecular weight excluding hydrogens is 234 g/mol. The summed E-state index contributed by atoms with van der Waals surface area (Å²) in [7, 11) is 0. The van der Waals surface area contributed by atoms with Crippen LogP contribution in [-0.4, -0.2) is 13.1 Å². The van der Waals surface area contributed by atoms with E-state index in [1.165, 1.54) is 17.7 Å². The van der Waals surface area contributed by atoms with E-state index in [0.29, 0.717) is 0 Å². The van der Waals surface area contributed by atoms with E-state index in [4.69, 9.17) is 11.0 Å². The van der Waals surface area contributed by atoms with Crippen LogP contribution in [0.25, 0.3) is 0 Å². The molecule has 1 aliphatic rings. The maximum absolute atomic E-state index is 9.04. The Morgan fingerprint density at radius 1 is 1.42 bits per heavy atom. The second-order valence-corrected chi connectivity index (χ2v) is 6.08. The number of fused-ring (bicyclic) bond motifs is 1. The van der Waals surface area contributed by atoms with Gasteiger partial charge in [-0.25, -0.2) is 0 Å². The Hall–Kier alpha value is -1.69. The predicted molar refractivity (Wildman–Crippen MR) is 80.0 cm³/mol. The summed E-state index contributed by atoms with van der Waals surface area (Å²) in [5.74, 6) is 0. The van der Waals surface area contributed by atoms with Gasteiger partial charge in [0, 0.05) is 24.5 Å². The monoisotopic (exact) mass is 257 g/mol. The molecule has 0 saturated heterocycles. The highest BCUT2D eigenvalue weighted by molar-refractivity contribution is 5.61. The molecule has 0 unspecified atom stereocenters. The highest BCUT2D eigenvalue weighted by Gasteiger charge is 2.19. The first-order chi connectivity index (χ1) is 9.02. The molecule has 19 heavy (non-hydrogen) atoms. The molecule has 1 heterocycles. The molecule has 0 radical (unpaired) electrons. The fourth-order valence-corrected chi connectivity index (χ4v) is 2.70. The van der Waals surface area contributed by atoms with Crippen LogP contribution in [-0.2, 0) is 6.42 Å². The van der Waals surface area contributed by atoms with Crippen LogP contribution in [0.15, 0.2) is 18.2 Å². The SMILES string of the molecule is CC(C)(C#N)CCCN1CCCc2cc(N)ccc21. The minimum atomic E-state index is -0.209. The van der Waals surface area contributed by atoms with E-state index in [2.05, 4.69) is 23.1 Å². The van der Waals surface area contributed by atoms with Crippen molar-refractivity contribution >= 4 is 11.4 Å². The van der Waals surface area contributed by atoms with Gasteiger partial charge in [0.2, 0.25) is 0 Å². The lowest BCUT2D eigenvalue weighted by Crippen LogP contribution is -2.31. The summed E-state index contributed by atoms with van der Waals surface area (Å²) in [6.07, 6.45) is 4.33. The summed E-state index contributed by atoms with van der Waals surface area (Å²) in [6, 6.07) is 8.59. The molecule has 2 rings (SSSR count). The molecule has 0 atom stereocenters. The quantitative estimate of drug-likeness (QED) is 0.842. The Morgan fingerprint density at radius 2 is 2.21 bits per heavy atom. The maximum atomic E-state index is 9.04. The third kappa shape index (κ3) is 3.41. The van der Waals surface area contributed by atoms with Gasteiger partial charge < -0.3 is 10.6 Å². The van der Waals surface area contributed by atoms with Gasteiger partial charge in [-0.1, -0.05) is 0 Å². The van der Waals surface area contributed by atoms with E-state index in [-0.39, 0.29) is 5.41 Å². The molecule has 0 aliphatic carbocycles. The number of nitrogens with two attached hydrogens (primary N) is 1. The van der Waals surface area contributed by atoms with Gasteiger partial charge in [-0.05, 0) is 63.3 Å². The molecule has 0 bridgehead atoms. The number of nitrogen functional groups attached to an aromatic ring is 1. The van der Waals surface area contributed by atoms with Gasteiger partial charge in [0.15, 0.2) is 0 Å². The number of hydrogen-bond donors (Lipinski definition) is 1. The van der Waals surface area contributed by atoms with Gasteiger partial charge in [0.1, 0.15) is 0 Å². The number of benzene rings is 1. The normalized spacial score (nSPS) is 14.9. The van der Waals surface area contributed by atoms with Crippen LogP contribution in [0, 0.1) is 16.7 Å². The van der Waals surface area contributed by atoms with Crippen molar-refractivity contribution < 1.29 is 0 Å². The molecule has 0 aromatic heterocycles. The third-order valence-corrected chi connectivity index (χ3v) is 3.85. The fourth-order valence-electron chi connectivity index (χ4n) is 2.70. The summed E-state index contributed by atoms with van der Waals surface area (Å²) in [4.78, 5) is 2.44.